The average Bonchev–Trinajstić information content (AvgIpc) is 2.69. The average molecular weight is 354 g/mol. The van der Waals surface area contributed by atoms with Crippen LogP contribution < -0.4 is 9.64 Å². The lowest BCUT2D eigenvalue weighted by atomic mass is 9.95. The van der Waals surface area contributed by atoms with Crippen molar-refractivity contribution in [2.24, 2.45) is 5.92 Å². The van der Waals surface area contributed by atoms with Crippen LogP contribution in [0.3, 0.4) is 0 Å². The van der Waals surface area contributed by atoms with E-state index in [0.717, 1.165) is 43.1 Å². The number of ether oxygens (including phenoxy) is 1. The number of benzene rings is 1. The number of para-hydroxylation sites is 1. The Kier molecular flexibility index (Phi) is 6.04. The van der Waals surface area contributed by atoms with Crippen molar-refractivity contribution in [1.82, 2.24) is 14.9 Å². The van der Waals surface area contributed by atoms with Crippen molar-refractivity contribution in [3.05, 3.63) is 48.4 Å². The van der Waals surface area contributed by atoms with Gasteiger partial charge in [-0.3, -0.25) is 9.78 Å². The fraction of sp³-hybridized carbons (Fsp3) is 0.450. The van der Waals surface area contributed by atoms with Crippen molar-refractivity contribution in [1.29, 1.82) is 0 Å². The predicted octanol–water partition coefficient (Wildman–Crippen LogP) is 2.54. The summed E-state index contributed by atoms with van der Waals surface area (Å²) in [6.45, 7) is 4.80. The highest BCUT2D eigenvalue weighted by Crippen LogP contribution is 2.22. The molecule has 6 heteroatoms. The monoisotopic (exact) mass is 354 g/mol. The van der Waals surface area contributed by atoms with Crippen LogP contribution in [0.4, 0.5) is 5.82 Å². The molecule has 0 unspecified atom stereocenters. The van der Waals surface area contributed by atoms with Crippen LogP contribution in [0, 0.1) is 12.8 Å². The number of carbonyl (C=O) groups is 1. The Hall–Kier alpha value is -2.63. The Labute approximate surface area is 154 Å². The molecule has 0 saturated carbocycles. The standard InChI is InChI=1S/C20H26N4O2/c1-16-5-3-4-6-18(16)26-14-13-23(2)20(25)17-7-11-24(12-8-17)19-15-21-9-10-22-19/h3-6,9-10,15,17H,7-8,11-14H2,1-2H3. The van der Waals surface area contributed by atoms with Gasteiger partial charge in [-0.25, -0.2) is 4.98 Å². The van der Waals surface area contributed by atoms with E-state index in [9.17, 15) is 4.79 Å². The maximum Gasteiger partial charge on any atom is 0.225 e. The van der Waals surface area contributed by atoms with Gasteiger partial charge in [0.05, 0.1) is 12.7 Å². The Morgan fingerprint density at radius 2 is 2.04 bits per heavy atom. The van der Waals surface area contributed by atoms with E-state index in [1.165, 1.54) is 0 Å². The molecule has 1 aromatic heterocycles. The Balaban J connectivity index is 1.43. The Bertz CT molecular complexity index is 715. The summed E-state index contributed by atoms with van der Waals surface area (Å²) in [4.78, 5) is 25.1. The largest absolute Gasteiger partial charge is 0.491 e. The lowest BCUT2D eigenvalue weighted by Gasteiger charge is -2.33. The fourth-order valence-electron chi connectivity index (χ4n) is 3.24. The maximum atomic E-state index is 12.7. The minimum Gasteiger partial charge on any atom is -0.491 e. The van der Waals surface area contributed by atoms with E-state index in [-0.39, 0.29) is 11.8 Å². The van der Waals surface area contributed by atoms with Gasteiger partial charge >= 0.3 is 0 Å². The Morgan fingerprint density at radius 1 is 1.27 bits per heavy atom. The highest BCUT2D eigenvalue weighted by atomic mass is 16.5. The number of nitrogens with zero attached hydrogens (tertiary/aromatic N) is 4. The number of carbonyl (C=O) groups excluding carboxylic acids is 1. The molecule has 1 aromatic carbocycles. The second-order valence-electron chi connectivity index (χ2n) is 6.70. The first-order valence-electron chi connectivity index (χ1n) is 9.09. The number of likely N-dealkylation sites (N-methyl/N-ethyl adjacent to an activating group) is 1. The second-order valence-corrected chi connectivity index (χ2v) is 6.70. The fourth-order valence-corrected chi connectivity index (χ4v) is 3.24. The molecule has 0 aliphatic carbocycles. The summed E-state index contributed by atoms with van der Waals surface area (Å²) < 4.78 is 5.80. The quantitative estimate of drug-likeness (QED) is 0.798. The molecular weight excluding hydrogens is 328 g/mol. The molecule has 1 saturated heterocycles. The van der Waals surface area contributed by atoms with Crippen molar-refractivity contribution >= 4 is 11.7 Å². The lowest BCUT2D eigenvalue weighted by Crippen LogP contribution is -2.42. The number of amides is 1. The summed E-state index contributed by atoms with van der Waals surface area (Å²) in [5.74, 6) is 2.05. The summed E-state index contributed by atoms with van der Waals surface area (Å²) in [5.41, 5.74) is 1.11. The number of aromatic nitrogens is 2. The zero-order valence-corrected chi connectivity index (χ0v) is 15.5. The molecule has 2 aromatic rings. The molecular formula is C20H26N4O2. The van der Waals surface area contributed by atoms with Gasteiger partial charge < -0.3 is 14.5 Å². The molecule has 138 valence electrons. The van der Waals surface area contributed by atoms with Gasteiger partial charge in [0, 0.05) is 38.4 Å². The van der Waals surface area contributed by atoms with Crippen LogP contribution in [-0.2, 0) is 4.79 Å². The zero-order chi connectivity index (χ0) is 18.4. The minimum absolute atomic E-state index is 0.0754. The molecule has 1 fully saturated rings. The third-order valence-electron chi connectivity index (χ3n) is 4.87. The number of piperidine rings is 1. The van der Waals surface area contributed by atoms with Gasteiger partial charge in [-0.15, -0.1) is 0 Å². The molecule has 1 aliphatic rings. The van der Waals surface area contributed by atoms with Gasteiger partial charge in [-0.1, -0.05) is 18.2 Å². The SMILES string of the molecule is Cc1ccccc1OCCN(C)C(=O)C1CCN(c2cnccn2)CC1. The van der Waals surface area contributed by atoms with Crippen molar-refractivity contribution < 1.29 is 9.53 Å². The first-order valence-corrected chi connectivity index (χ1v) is 9.09. The van der Waals surface area contributed by atoms with E-state index in [2.05, 4.69) is 14.9 Å². The molecule has 3 rings (SSSR count). The molecule has 6 nitrogen and oxygen atoms in total. The summed E-state index contributed by atoms with van der Waals surface area (Å²) in [6.07, 6.45) is 6.84. The molecule has 26 heavy (non-hydrogen) atoms. The van der Waals surface area contributed by atoms with E-state index in [1.54, 1.807) is 23.5 Å². The van der Waals surface area contributed by atoms with E-state index >= 15 is 0 Å². The van der Waals surface area contributed by atoms with Crippen LogP contribution in [0.1, 0.15) is 18.4 Å². The van der Waals surface area contributed by atoms with Crippen LogP contribution in [0.2, 0.25) is 0 Å². The number of hydrogen-bond acceptors (Lipinski definition) is 5. The normalized spacial score (nSPS) is 14.9. The molecule has 0 bridgehead atoms. The Morgan fingerprint density at radius 3 is 2.73 bits per heavy atom. The van der Waals surface area contributed by atoms with Crippen molar-refractivity contribution in [3.63, 3.8) is 0 Å². The van der Waals surface area contributed by atoms with Crippen LogP contribution in [0.25, 0.3) is 0 Å². The molecule has 1 amide bonds. The molecule has 0 atom stereocenters. The van der Waals surface area contributed by atoms with E-state index in [4.69, 9.17) is 4.74 Å². The van der Waals surface area contributed by atoms with Gasteiger partial charge in [-0.2, -0.15) is 0 Å². The minimum atomic E-state index is 0.0754. The van der Waals surface area contributed by atoms with E-state index in [1.807, 2.05) is 38.2 Å². The highest BCUT2D eigenvalue weighted by molar-refractivity contribution is 5.78. The molecule has 0 spiro atoms. The number of rotatable bonds is 6. The van der Waals surface area contributed by atoms with Crippen molar-refractivity contribution in [2.45, 2.75) is 19.8 Å². The third kappa shape index (κ3) is 4.50. The van der Waals surface area contributed by atoms with Crippen molar-refractivity contribution in [3.8, 4) is 5.75 Å². The highest BCUT2D eigenvalue weighted by Gasteiger charge is 2.27. The summed E-state index contributed by atoms with van der Waals surface area (Å²) in [7, 11) is 1.86. The number of aryl methyl sites for hydroxylation is 1. The molecule has 0 radical (unpaired) electrons. The van der Waals surface area contributed by atoms with Crippen LogP contribution in [0.15, 0.2) is 42.9 Å². The van der Waals surface area contributed by atoms with Crippen LogP contribution in [0.5, 0.6) is 5.75 Å². The topological polar surface area (TPSA) is 58.6 Å². The van der Waals surface area contributed by atoms with Crippen LogP contribution >= 0.6 is 0 Å². The van der Waals surface area contributed by atoms with Crippen molar-refractivity contribution in [2.75, 3.05) is 38.2 Å². The van der Waals surface area contributed by atoms with Gasteiger partial charge in [-0.05, 0) is 31.4 Å². The van der Waals surface area contributed by atoms with Crippen LogP contribution in [-0.4, -0.2) is 54.1 Å². The first kappa shape index (κ1) is 18.2. The molecule has 2 heterocycles. The van der Waals surface area contributed by atoms with Gasteiger partial charge in [0.2, 0.25) is 5.91 Å². The summed E-state index contributed by atoms with van der Waals surface area (Å²) in [5, 5.41) is 0. The first-order chi connectivity index (χ1) is 12.6. The molecule has 0 N–H and O–H groups in total. The smallest absolute Gasteiger partial charge is 0.225 e. The zero-order valence-electron chi connectivity index (χ0n) is 15.5. The van der Waals surface area contributed by atoms with Gasteiger partial charge in [0.15, 0.2) is 0 Å². The summed E-state index contributed by atoms with van der Waals surface area (Å²) in [6, 6.07) is 7.93. The van der Waals surface area contributed by atoms with E-state index in [0.29, 0.717) is 13.2 Å². The van der Waals surface area contributed by atoms with Gasteiger partial charge in [0.1, 0.15) is 18.2 Å². The van der Waals surface area contributed by atoms with Gasteiger partial charge in [0.25, 0.3) is 0 Å². The number of anilines is 1. The maximum absolute atomic E-state index is 12.7. The van der Waals surface area contributed by atoms with E-state index < -0.39 is 0 Å². The summed E-state index contributed by atoms with van der Waals surface area (Å²) >= 11 is 0. The third-order valence-corrected chi connectivity index (χ3v) is 4.87. The second kappa shape index (κ2) is 8.65. The lowest BCUT2D eigenvalue weighted by molar-refractivity contribution is -0.135. The molecule has 1 aliphatic heterocycles. The number of hydrogen-bond donors (Lipinski definition) is 0. The predicted molar refractivity (Wildman–Crippen MR) is 101 cm³/mol.